The average Bonchev–Trinajstić information content (AvgIpc) is 3.12. The van der Waals surface area contributed by atoms with E-state index in [1.807, 2.05) is 13.8 Å². The minimum Gasteiger partial charge on any atom is -0.349 e. The van der Waals surface area contributed by atoms with Crippen molar-refractivity contribution in [1.82, 2.24) is 19.3 Å². The molecule has 1 unspecified atom stereocenters. The molecule has 1 atom stereocenters. The highest BCUT2D eigenvalue weighted by molar-refractivity contribution is 5.08. The van der Waals surface area contributed by atoms with Crippen LogP contribution in [0.2, 0.25) is 0 Å². The van der Waals surface area contributed by atoms with Crippen LogP contribution in [0.1, 0.15) is 60.1 Å². The fourth-order valence-corrected chi connectivity index (χ4v) is 3.30. The molecule has 0 aromatic carbocycles. The van der Waals surface area contributed by atoms with Crippen molar-refractivity contribution in [2.75, 3.05) is 46.8 Å². The number of rotatable bonds is 2. The van der Waals surface area contributed by atoms with Crippen LogP contribution in [0.15, 0.2) is 18.3 Å². The molecule has 1 aromatic rings. The lowest BCUT2D eigenvalue weighted by atomic mass is 10.1. The number of aromatic nitrogens is 1. The summed E-state index contributed by atoms with van der Waals surface area (Å²) in [5, 5.41) is 0. The molecule has 0 radical (unpaired) electrons. The van der Waals surface area contributed by atoms with E-state index in [4.69, 9.17) is 0 Å². The minimum atomic E-state index is 0.804. The Morgan fingerprint density at radius 1 is 0.923 bits per heavy atom. The van der Waals surface area contributed by atoms with E-state index in [-0.39, 0.29) is 0 Å². The third-order valence-electron chi connectivity index (χ3n) is 4.76. The summed E-state index contributed by atoms with van der Waals surface area (Å²) in [6, 6.07) is 5.11. The van der Waals surface area contributed by atoms with Crippen molar-refractivity contribution in [2.24, 2.45) is 0 Å². The Kier molecular flexibility index (Phi) is 14.7. The Hall–Kier alpha value is -0.840. The van der Waals surface area contributed by atoms with E-state index in [9.17, 15) is 0 Å². The molecule has 1 aromatic heterocycles. The van der Waals surface area contributed by atoms with Gasteiger partial charge in [0.1, 0.15) is 0 Å². The van der Waals surface area contributed by atoms with E-state index in [0.29, 0.717) is 0 Å². The zero-order chi connectivity index (χ0) is 19.9. The van der Waals surface area contributed by atoms with Crippen molar-refractivity contribution in [3.05, 3.63) is 24.0 Å². The fraction of sp³-hybridized carbons (Fsp3) is 0.818. The molecule has 1 fully saturated rings. The molecule has 4 heteroatoms. The average molecular weight is 367 g/mol. The zero-order valence-electron chi connectivity index (χ0n) is 19.0. The monoisotopic (exact) mass is 366 g/mol. The van der Waals surface area contributed by atoms with Crippen LogP contribution in [0.4, 0.5) is 0 Å². The highest BCUT2D eigenvalue weighted by Gasteiger charge is 2.21. The van der Waals surface area contributed by atoms with Crippen molar-refractivity contribution < 1.29 is 0 Å². The highest BCUT2D eigenvalue weighted by atomic mass is 15.3. The van der Waals surface area contributed by atoms with Gasteiger partial charge in [0.05, 0.1) is 0 Å². The third kappa shape index (κ3) is 9.20. The summed E-state index contributed by atoms with van der Waals surface area (Å²) in [5.74, 6) is 0. The molecule has 0 saturated carbocycles. The molecule has 0 bridgehead atoms. The van der Waals surface area contributed by atoms with Crippen LogP contribution in [0.5, 0.6) is 0 Å². The molecule has 26 heavy (non-hydrogen) atoms. The number of fused-ring (bicyclic) bond motifs is 1. The van der Waals surface area contributed by atoms with Crippen LogP contribution in [-0.2, 0) is 13.1 Å². The Labute approximate surface area is 164 Å². The topological polar surface area (TPSA) is 14.7 Å². The number of likely N-dealkylation sites (N-methyl/N-ethyl adjacent to an activating group) is 3. The smallest absolute Gasteiger partial charge is 0.0384 e. The van der Waals surface area contributed by atoms with Crippen LogP contribution >= 0.6 is 0 Å². The van der Waals surface area contributed by atoms with Crippen molar-refractivity contribution in [1.29, 1.82) is 0 Å². The standard InChI is InChI=1S/C9H20N2.C8H12N2.C3H8.C2H6/c1-4-9-8-10(3)6-7-11(9)5-2;1-9-5-6-10-4-2-3-8(10)7-9;1-3-2;1-2/h9H,4-8H2,1-3H3;2-4H,5-7H2,1H3;3H2,1-2H3;1-2H3. The molecule has 4 nitrogen and oxygen atoms in total. The summed E-state index contributed by atoms with van der Waals surface area (Å²) in [7, 11) is 4.38. The van der Waals surface area contributed by atoms with Gasteiger partial charge in [-0.3, -0.25) is 9.80 Å². The van der Waals surface area contributed by atoms with E-state index in [0.717, 1.165) is 19.1 Å². The lowest BCUT2D eigenvalue weighted by Gasteiger charge is -2.39. The van der Waals surface area contributed by atoms with Crippen molar-refractivity contribution in [3.8, 4) is 0 Å². The van der Waals surface area contributed by atoms with Gasteiger partial charge in [0.2, 0.25) is 0 Å². The first-order chi connectivity index (χ1) is 12.5. The molecule has 3 heterocycles. The quantitative estimate of drug-likeness (QED) is 0.770. The summed E-state index contributed by atoms with van der Waals surface area (Å²) in [5.41, 5.74) is 1.44. The van der Waals surface area contributed by atoms with E-state index in [1.54, 1.807) is 0 Å². The second-order valence-electron chi connectivity index (χ2n) is 7.09. The molecule has 1 saturated heterocycles. The number of hydrogen-bond acceptors (Lipinski definition) is 3. The summed E-state index contributed by atoms with van der Waals surface area (Å²) < 4.78 is 2.32. The van der Waals surface area contributed by atoms with Crippen LogP contribution in [0.3, 0.4) is 0 Å². The van der Waals surface area contributed by atoms with Gasteiger partial charge in [0.15, 0.2) is 0 Å². The van der Waals surface area contributed by atoms with Gasteiger partial charge in [-0.15, -0.1) is 0 Å². The zero-order valence-corrected chi connectivity index (χ0v) is 19.0. The SMILES string of the molecule is CC.CCC.CCC1CN(C)CCN1CC.CN1CCn2cccc2C1. The number of nitrogens with zero attached hydrogens (tertiary/aromatic N) is 4. The number of hydrogen-bond donors (Lipinski definition) is 0. The van der Waals surface area contributed by atoms with Gasteiger partial charge in [-0.2, -0.15) is 0 Å². The summed E-state index contributed by atoms with van der Waals surface area (Å²) in [4.78, 5) is 7.36. The molecule has 0 aliphatic carbocycles. The first kappa shape index (κ1) is 25.2. The second kappa shape index (κ2) is 15.2. The number of piperazine rings is 1. The van der Waals surface area contributed by atoms with Crippen molar-refractivity contribution >= 4 is 0 Å². The molecule has 3 rings (SSSR count). The third-order valence-corrected chi connectivity index (χ3v) is 4.76. The Morgan fingerprint density at radius 3 is 2.12 bits per heavy atom. The molecular formula is C22H46N4. The molecule has 0 amide bonds. The summed E-state index contributed by atoms with van der Waals surface area (Å²) in [6.07, 6.45) is 4.69. The van der Waals surface area contributed by atoms with Gasteiger partial charge in [-0.1, -0.05) is 48.0 Å². The lowest BCUT2D eigenvalue weighted by Crippen LogP contribution is -2.51. The predicted octanol–water partition coefficient (Wildman–Crippen LogP) is 4.41. The first-order valence-corrected chi connectivity index (χ1v) is 10.8. The van der Waals surface area contributed by atoms with Crippen LogP contribution in [0, 0.1) is 0 Å². The van der Waals surface area contributed by atoms with Gasteiger partial charge >= 0.3 is 0 Å². The Balaban J connectivity index is 0.000000387. The maximum Gasteiger partial charge on any atom is 0.0384 e. The van der Waals surface area contributed by atoms with Crippen LogP contribution < -0.4 is 0 Å². The summed E-state index contributed by atoms with van der Waals surface area (Å²) >= 11 is 0. The molecular weight excluding hydrogens is 320 g/mol. The Morgan fingerprint density at radius 2 is 1.54 bits per heavy atom. The van der Waals surface area contributed by atoms with Gasteiger partial charge in [0, 0.05) is 57.2 Å². The highest BCUT2D eigenvalue weighted by Crippen LogP contribution is 2.11. The predicted molar refractivity (Wildman–Crippen MR) is 117 cm³/mol. The van der Waals surface area contributed by atoms with Gasteiger partial charge in [-0.05, 0) is 39.2 Å². The normalized spacial score (nSPS) is 20.5. The maximum absolute atomic E-state index is 2.58. The molecule has 2 aliphatic rings. The van der Waals surface area contributed by atoms with Crippen molar-refractivity contribution in [2.45, 2.75) is 73.5 Å². The maximum atomic E-state index is 2.58. The summed E-state index contributed by atoms with van der Waals surface area (Å²) in [6.45, 7) is 21.2. The Bertz CT molecular complexity index is 430. The fourth-order valence-electron chi connectivity index (χ4n) is 3.30. The van der Waals surface area contributed by atoms with E-state index in [1.165, 1.54) is 51.3 Å². The van der Waals surface area contributed by atoms with Crippen LogP contribution in [0.25, 0.3) is 0 Å². The minimum absolute atomic E-state index is 0.804. The van der Waals surface area contributed by atoms with Gasteiger partial charge in [-0.25, -0.2) is 0 Å². The van der Waals surface area contributed by atoms with Gasteiger partial charge < -0.3 is 9.47 Å². The lowest BCUT2D eigenvalue weighted by molar-refractivity contribution is 0.0927. The molecule has 0 N–H and O–H groups in total. The first-order valence-electron chi connectivity index (χ1n) is 10.8. The van der Waals surface area contributed by atoms with E-state index >= 15 is 0 Å². The molecule has 2 aliphatic heterocycles. The largest absolute Gasteiger partial charge is 0.349 e. The van der Waals surface area contributed by atoms with Crippen LogP contribution in [-0.4, -0.2) is 72.1 Å². The van der Waals surface area contributed by atoms with Crippen molar-refractivity contribution in [3.63, 3.8) is 0 Å². The second-order valence-corrected chi connectivity index (χ2v) is 7.09. The molecule has 154 valence electrons. The molecule has 0 spiro atoms. The van der Waals surface area contributed by atoms with Gasteiger partial charge in [0.25, 0.3) is 0 Å². The van der Waals surface area contributed by atoms with E-state index < -0.39 is 0 Å². The van der Waals surface area contributed by atoms with E-state index in [2.05, 4.69) is 79.4 Å².